The number of carbonyl (C=O) groups is 1. The molecule has 0 fully saturated rings. The van der Waals surface area contributed by atoms with E-state index >= 15 is 0 Å². The van der Waals surface area contributed by atoms with Gasteiger partial charge in [-0.15, -0.1) is 0 Å². The molecule has 0 aromatic heterocycles. The van der Waals surface area contributed by atoms with E-state index in [9.17, 15) is 10.0 Å². The van der Waals surface area contributed by atoms with Crippen molar-refractivity contribution in [2.45, 2.75) is 43.5 Å². The van der Waals surface area contributed by atoms with E-state index in [0.29, 0.717) is 13.2 Å². The summed E-state index contributed by atoms with van der Waals surface area (Å²) in [5, 5.41) is 10.7. The van der Waals surface area contributed by atoms with Crippen LogP contribution in [0.15, 0.2) is 0 Å². The predicted molar refractivity (Wildman–Crippen MR) is 71.9 cm³/mol. The maximum atomic E-state index is 11.1. The highest BCUT2D eigenvalue weighted by Gasteiger charge is 2.09. The number of hydrogen-bond donors (Lipinski definition) is 1. The van der Waals surface area contributed by atoms with Crippen LogP contribution in [-0.2, 0) is 9.53 Å². The summed E-state index contributed by atoms with van der Waals surface area (Å²) in [6.45, 7) is 5.73. The fourth-order valence-electron chi connectivity index (χ4n) is 1.14. The van der Waals surface area contributed by atoms with Crippen LogP contribution in [0, 0.1) is 0 Å². The van der Waals surface area contributed by atoms with E-state index in [4.69, 9.17) is 4.74 Å². The second-order valence-electron chi connectivity index (χ2n) is 3.80. The number of esters is 1. The van der Waals surface area contributed by atoms with Crippen LogP contribution < -0.4 is 0 Å². The molecule has 0 radical (unpaired) electrons. The summed E-state index contributed by atoms with van der Waals surface area (Å²) >= 11 is 2.03. The van der Waals surface area contributed by atoms with E-state index in [1.807, 2.05) is 29.5 Å². The molecule has 0 heterocycles. The van der Waals surface area contributed by atoms with E-state index in [1.165, 1.54) is 5.06 Å². The Balaban J connectivity index is 3.29. The van der Waals surface area contributed by atoms with Crippen molar-refractivity contribution in [3.8, 4) is 0 Å². The summed E-state index contributed by atoms with van der Waals surface area (Å²) in [4.78, 5) is 11.1. The smallest absolute Gasteiger partial charge is 0.318 e. The number of carbonyl (C=O) groups excluding carboxylic acids is 1. The number of ether oxygens (including phenoxy) is 1. The van der Waals surface area contributed by atoms with Crippen LogP contribution in [0.25, 0.3) is 0 Å². The maximum absolute atomic E-state index is 11.1. The molecule has 0 rings (SSSR count). The summed E-state index contributed by atoms with van der Waals surface area (Å²) in [6.07, 6.45) is 3.75. The van der Waals surface area contributed by atoms with Crippen molar-refractivity contribution >= 4 is 28.6 Å². The lowest BCUT2D eigenvalue weighted by atomic mass is 10.3. The van der Waals surface area contributed by atoms with Gasteiger partial charge < -0.3 is 9.94 Å². The molecule has 16 heavy (non-hydrogen) atoms. The standard InChI is InChI=1S/C11H22INO3/c1-3-4-7-13(15)8-5-6-9-16-11(14)10(2)12/h10,15H,3-9H2,1-2H3. The van der Waals surface area contributed by atoms with Crippen LogP contribution in [0.3, 0.4) is 0 Å². The second-order valence-corrected chi connectivity index (χ2v) is 5.67. The van der Waals surface area contributed by atoms with Crippen LogP contribution in [0.4, 0.5) is 0 Å². The van der Waals surface area contributed by atoms with E-state index in [0.717, 1.165) is 32.2 Å². The molecule has 0 bridgehead atoms. The average molecular weight is 343 g/mol. The van der Waals surface area contributed by atoms with Crippen molar-refractivity contribution in [3.05, 3.63) is 0 Å². The van der Waals surface area contributed by atoms with Gasteiger partial charge in [-0.05, 0) is 26.2 Å². The molecule has 1 N–H and O–H groups in total. The van der Waals surface area contributed by atoms with Crippen molar-refractivity contribution < 1.29 is 14.7 Å². The lowest BCUT2D eigenvalue weighted by molar-refractivity contribution is -0.142. The number of alkyl halides is 1. The first-order valence-electron chi connectivity index (χ1n) is 5.82. The van der Waals surface area contributed by atoms with Crippen LogP contribution in [-0.4, -0.2) is 39.9 Å². The fraction of sp³-hybridized carbons (Fsp3) is 0.909. The molecule has 0 aliphatic carbocycles. The molecular weight excluding hydrogens is 321 g/mol. The highest BCUT2D eigenvalue weighted by atomic mass is 127. The third-order valence-corrected chi connectivity index (χ3v) is 2.66. The van der Waals surface area contributed by atoms with E-state index < -0.39 is 0 Å². The molecule has 4 nitrogen and oxygen atoms in total. The van der Waals surface area contributed by atoms with Crippen molar-refractivity contribution in [2.75, 3.05) is 19.7 Å². The van der Waals surface area contributed by atoms with Gasteiger partial charge in [0.25, 0.3) is 0 Å². The molecule has 1 atom stereocenters. The Labute approximate surface area is 111 Å². The highest BCUT2D eigenvalue weighted by molar-refractivity contribution is 14.1. The number of halogens is 1. The lowest BCUT2D eigenvalue weighted by Gasteiger charge is -2.13. The van der Waals surface area contributed by atoms with Crippen LogP contribution in [0.1, 0.15) is 39.5 Å². The van der Waals surface area contributed by atoms with Gasteiger partial charge in [-0.1, -0.05) is 35.9 Å². The number of hydroxylamine groups is 2. The van der Waals surface area contributed by atoms with Crippen molar-refractivity contribution in [3.63, 3.8) is 0 Å². The molecular formula is C11H22INO3. The largest absolute Gasteiger partial charge is 0.465 e. The SMILES string of the molecule is CCCCN(O)CCCCOC(=O)C(C)I. The minimum absolute atomic E-state index is 0.0866. The molecule has 5 heteroatoms. The zero-order chi connectivity index (χ0) is 12.4. The second kappa shape index (κ2) is 10.3. The van der Waals surface area contributed by atoms with Gasteiger partial charge in [-0.25, -0.2) is 0 Å². The van der Waals surface area contributed by atoms with E-state index in [-0.39, 0.29) is 9.89 Å². The predicted octanol–water partition coefficient (Wildman–Crippen LogP) is 2.62. The molecule has 0 aromatic carbocycles. The molecule has 0 aromatic rings. The van der Waals surface area contributed by atoms with Crippen LogP contribution >= 0.6 is 22.6 Å². The molecule has 0 saturated carbocycles. The van der Waals surface area contributed by atoms with Gasteiger partial charge in [-0.2, -0.15) is 5.06 Å². The number of hydrogen-bond acceptors (Lipinski definition) is 4. The highest BCUT2D eigenvalue weighted by Crippen LogP contribution is 2.02. The Kier molecular flexibility index (Phi) is 10.4. The zero-order valence-electron chi connectivity index (χ0n) is 10.1. The van der Waals surface area contributed by atoms with Crippen LogP contribution in [0.2, 0.25) is 0 Å². The normalized spacial score (nSPS) is 12.8. The number of nitrogens with zero attached hydrogens (tertiary/aromatic N) is 1. The van der Waals surface area contributed by atoms with Gasteiger partial charge in [0.05, 0.1) is 6.61 Å². The van der Waals surface area contributed by atoms with Gasteiger partial charge in [0.15, 0.2) is 0 Å². The summed E-state index contributed by atoms with van der Waals surface area (Å²) < 4.78 is 4.93. The summed E-state index contributed by atoms with van der Waals surface area (Å²) in [6, 6.07) is 0. The Morgan fingerprint density at radius 3 is 2.56 bits per heavy atom. The summed E-state index contributed by atoms with van der Waals surface area (Å²) in [5.41, 5.74) is 0. The molecule has 0 amide bonds. The van der Waals surface area contributed by atoms with Crippen molar-refractivity contribution in [1.29, 1.82) is 0 Å². The summed E-state index contributed by atoms with van der Waals surface area (Å²) in [7, 11) is 0. The molecule has 0 aliphatic heterocycles. The Hall–Kier alpha value is 0.120. The monoisotopic (exact) mass is 343 g/mol. The van der Waals surface area contributed by atoms with Gasteiger partial charge >= 0.3 is 5.97 Å². The zero-order valence-corrected chi connectivity index (χ0v) is 12.3. The molecule has 96 valence electrons. The minimum atomic E-state index is -0.160. The molecule has 0 spiro atoms. The molecule has 0 aliphatic rings. The first kappa shape index (κ1) is 16.1. The average Bonchev–Trinajstić information content (AvgIpc) is 2.25. The van der Waals surface area contributed by atoms with Gasteiger partial charge in [0.2, 0.25) is 0 Å². The maximum Gasteiger partial charge on any atom is 0.318 e. The van der Waals surface area contributed by atoms with Gasteiger partial charge in [0, 0.05) is 13.1 Å². The third kappa shape index (κ3) is 9.35. The third-order valence-electron chi connectivity index (χ3n) is 2.15. The number of unbranched alkanes of at least 4 members (excludes halogenated alkanes) is 2. The quantitative estimate of drug-likeness (QED) is 0.230. The lowest BCUT2D eigenvalue weighted by Crippen LogP contribution is -2.22. The summed E-state index contributed by atoms with van der Waals surface area (Å²) in [5.74, 6) is -0.160. The van der Waals surface area contributed by atoms with E-state index in [1.54, 1.807) is 0 Å². The fourth-order valence-corrected chi connectivity index (χ4v) is 1.32. The Bertz CT molecular complexity index is 188. The molecule has 1 unspecified atom stereocenters. The first-order chi connectivity index (χ1) is 7.57. The minimum Gasteiger partial charge on any atom is -0.465 e. The topological polar surface area (TPSA) is 49.8 Å². The van der Waals surface area contributed by atoms with E-state index in [2.05, 4.69) is 6.92 Å². The Morgan fingerprint density at radius 1 is 1.38 bits per heavy atom. The first-order valence-corrected chi connectivity index (χ1v) is 7.07. The van der Waals surface area contributed by atoms with Gasteiger partial charge in [0.1, 0.15) is 3.92 Å². The number of rotatable bonds is 9. The van der Waals surface area contributed by atoms with Crippen molar-refractivity contribution in [1.82, 2.24) is 5.06 Å². The Morgan fingerprint density at radius 2 is 2.00 bits per heavy atom. The molecule has 0 saturated heterocycles. The van der Waals surface area contributed by atoms with Gasteiger partial charge in [-0.3, -0.25) is 4.79 Å². The van der Waals surface area contributed by atoms with Crippen LogP contribution in [0.5, 0.6) is 0 Å². The van der Waals surface area contributed by atoms with Crippen molar-refractivity contribution in [2.24, 2.45) is 0 Å².